The smallest absolute Gasteiger partial charge is 0.343 e. The van der Waals surface area contributed by atoms with Crippen molar-refractivity contribution in [2.45, 2.75) is 6.92 Å². The van der Waals surface area contributed by atoms with Gasteiger partial charge in [0.15, 0.2) is 11.5 Å². The van der Waals surface area contributed by atoms with E-state index in [1.807, 2.05) is 6.92 Å². The van der Waals surface area contributed by atoms with Crippen LogP contribution in [0.2, 0.25) is 0 Å². The topological polar surface area (TPSA) is 106 Å². The van der Waals surface area contributed by atoms with E-state index in [-0.39, 0.29) is 18.2 Å². The summed E-state index contributed by atoms with van der Waals surface area (Å²) in [5, 5.41) is 6.43. The van der Waals surface area contributed by atoms with Crippen LogP contribution >= 0.6 is 31.9 Å². The van der Waals surface area contributed by atoms with E-state index in [1.54, 1.807) is 66.7 Å². The number of ether oxygens (including phenoxy) is 2. The first-order chi connectivity index (χ1) is 16.9. The van der Waals surface area contributed by atoms with Crippen LogP contribution in [-0.4, -0.2) is 37.1 Å². The van der Waals surface area contributed by atoms with Gasteiger partial charge in [-0.1, -0.05) is 28.1 Å². The molecule has 0 atom stereocenters. The van der Waals surface area contributed by atoms with Crippen molar-refractivity contribution in [3.8, 4) is 11.5 Å². The fourth-order valence-corrected chi connectivity index (χ4v) is 3.55. The Kier molecular flexibility index (Phi) is 9.56. The summed E-state index contributed by atoms with van der Waals surface area (Å²) in [6, 6.07) is 18.6. The van der Waals surface area contributed by atoms with Crippen LogP contribution in [0.3, 0.4) is 0 Å². The lowest BCUT2D eigenvalue weighted by Gasteiger charge is -2.11. The molecule has 0 heterocycles. The molecule has 0 saturated heterocycles. The zero-order chi connectivity index (χ0) is 25.2. The Morgan fingerprint density at radius 1 is 0.971 bits per heavy atom. The molecule has 0 fully saturated rings. The molecule has 0 bridgehead atoms. The van der Waals surface area contributed by atoms with E-state index in [1.165, 1.54) is 6.21 Å². The highest BCUT2D eigenvalue weighted by atomic mass is 79.9. The molecule has 3 aromatic rings. The van der Waals surface area contributed by atoms with Gasteiger partial charge < -0.3 is 14.8 Å². The average molecular weight is 603 g/mol. The molecule has 180 valence electrons. The Balaban J connectivity index is 1.57. The van der Waals surface area contributed by atoms with E-state index in [0.717, 1.165) is 4.47 Å². The predicted molar refractivity (Wildman–Crippen MR) is 139 cm³/mol. The van der Waals surface area contributed by atoms with Crippen LogP contribution in [0.15, 0.2) is 80.8 Å². The zero-order valence-electron chi connectivity index (χ0n) is 18.6. The number of hydrazone groups is 1. The highest BCUT2D eigenvalue weighted by Crippen LogP contribution is 2.29. The summed E-state index contributed by atoms with van der Waals surface area (Å²) in [7, 11) is 0. The maximum Gasteiger partial charge on any atom is 0.343 e. The van der Waals surface area contributed by atoms with Crippen molar-refractivity contribution in [3.63, 3.8) is 0 Å². The number of nitrogens with one attached hydrogen (secondary N) is 2. The van der Waals surface area contributed by atoms with Gasteiger partial charge in [0.25, 0.3) is 11.8 Å². The zero-order valence-corrected chi connectivity index (χ0v) is 21.8. The maximum atomic E-state index is 12.4. The van der Waals surface area contributed by atoms with E-state index < -0.39 is 11.9 Å². The number of amides is 2. The molecule has 0 spiro atoms. The van der Waals surface area contributed by atoms with Gasteiger partial charge in [-0.3, -0.25) is 9.59 Å². The van der Waals surface area contributed by atoms with Crippen molar-refractivity contribution in [3.05, 3.63) is 92.4 Å². The van der Waals surface area contributed by atoms with Crippen molar-refractivity contribution >= 4 is 55.9 Å². The van der Waals surface area contributed by atoms with Crippen molar-refractivity contribution in [1.29, 1.82) is 0 Å². The summed E-state index contributed by atoms with van der Waals surface area (Å²) >= 11 is 6.62. The summed E-state index contributed by atoms with van der Waals surface area (Å²) in [5.41, 5.74) is 3.78. The molecule has 2 N–H and O–H groups in total. The fraction of sp³-hybridized carbons (Fsp3) is 0.120. The molecule has 0 aliphatic carbocycles. The minimum absolute atomic E-state index is 0.243. The number of esters is 1. The number of hydrogen-bond acceptors (Lipinski definition) is 6. The minimum atomic E-state index is -0.517. The number of carbonyl (C=O) groups excluding carboxylic acids is 3. The first kappa shape index (κ1) is 26.1. The second-order valence-electron chi connectivity index (χ2n) is 6.99. The van der Waals surface area contributed by atoms with Crippen LogP contribution in [0.1, 0.15) is 33.2 Å². The van der Waals surface area contributed by atoms with E-state index >= 15 is 0 Å². The average Bonchev–Trinajstić information content (AvgIpc) is 2.85. The van der Waals surface area contributed by atoms with Gasteiger partial charge in [0, 0.05) is 8.95 Å². The minimum Gasteiger partial charge on any atom is -0.490 e. The molecule has 0 radical (unpaired) electrons. The summed E-state index contributed by atoms with van der Waals surface area (Å²) in [6.45, 7) is 1.92. The molecule has 0 unspecified atom stereocenters. The monoisotopic (exact) mass is 601 g/mol. The summed E-state index contributed by atoms with van der Waals surface area (Å²) in [5.74, 6) is -0.778. The van der Waals surface area contributed by atoms with Crippen LogP contribution in [0.5, 0.6) is 11.5 Å². The fourth-order valence-electron chi connectivity index (χ4n) is 2.82. The molecule has 8 nitrogen and oxygen atoms in total. The van der Waals surface area contributed by atoms with Crippen LogP contribution in [0.4, 0.5) is 0 Å². The van der Waals surface area contributed by atoms with E-state index in [0.29, 0.717) is 33.5 Å². The van der Waals surface area contributed by atoms with Gasteiger partial charge in [-0.25, -0.2) is 10.2 Å². The van der Waals surface area contributed by atoms with Gasteiger partial charge in [-0.2, -0.15) is 5.10 Å². The summed E-state index contributed by atoms with van der Waals surface area (Å²) in [4.78, 5) is 36.6. The Morgan fingerprint density at radius 2 is 1.71 bits per heavy atom. The molecular weight excluding hydrogens is 582 g/mol. The van der Waals surface area contributed by atoms with Gasteiger partial charge in [0.1, 0.15) is 0 Å². The van der Waals surface area contributed by atoms with Crippen LogP contribution in [0.25, 0.3) is 0 Å². The Bertz CT molecular complexity index is 1250. The third kappa shape index (κ3) is 7.76. The van der Waals surface area contributed by atoms with E-state index in [9.17, 15) is 14.4 Å². The highest BCUT2D eigenvalue weighted by molar-refractivity contribution is 9.10. The number of carbonyl (C=O) groups is 3. The quantitative estimate of drug-likeness (QED) is 0.160. The lowest BCUT2D eigenvalue weighted by Crippen LogP contribution is -2.35. The number of benzene rings is 3. The molecule has 0 aliphatic heterocycles. The lowest BCUT2D eigenvalue weighted by atomic mass is 10.2. The number of rotatable bonds is 9. The van der Waals surface area contributed by atoms with E-state index in [2.05, 4.69) is 47.7 Å². The summed E-state index contributed by atoms with van der Waals surface area (Å²) < 4.78 is 12.6. The van der Waals surface area contributed by atoms with Crippen LogP contribution < -0.4 is 20.2 Å². The lowest BCUT2D eigenvalue weighted by molar-refractivity contribution is -0.120. The molecule has 0 aromatic heterocycles. The molecule has 3 rings (SSSR count). The van der Waals surface area contributed by atoms with Crippen molar-refractivity contribution in [1.82, 2.24) is 10.7 Å². The number of nitrogens with zero attached hydrogens (tertiary/aromatic N) is 1. The first-order valence-electron chi connectivity index (χ1n) is 10.5. The van der Waals surface area contributed by atoms with Crippen LogP contribution in [0, 0.1) is 0 Å². The van der Waals surface area contributed by atoms with Crippen molar-refractivity contribution < 1.29 is 23.9 Å². The first-order valence-corrected chi connectivity index (χ1v) is 12.0. The van der Waals surface area contributed by atoms with Gasteiger partial charge in [-0.15, -0.1) is 0 Å². The Morgan fingerprint density at radius 3 is 2.43 bits per heavy atom. The van der Waals surface area contributed by atoms with Crippen LogP contribution in [-0.2, 0) is 4.79 Å². The number of halogens is 2. The molecule has 3 aromatic carbocycles. The Hall–Kier alpha value is -3.50. The van der Waals surface area contributed by atoms with Gasteiger partial charge in [0.05, 0.1) is 30.5 Å². The third-order valence-corrected chi connectivity index (χ3v) is 5.70. The van der Waals surface area contributed by atoms with Gasteiger partial charge in [0.2, 0.25) is 0 Å². The Labute approximate surface area is 219 Å². The second kappa shape index (κ2) is 12.8. The van der Waals surface area contributed by atoms with Crippen molar-refractivity contribution in [2.24, 2.45) is 5.10 Å². The van der Waals surface area contributed by atoms with E-state index in [4.69, 9.17) is 9.47 Å². The highest BCUT2D eigenvalue weighted by Gasteiger charge is 2.14. The van der Waals surface area contributed by atoms with Gasteiger partial charge in [-0.05, 0) is 83.0 Å². The molecule has 0 aliphatic rings. The standard InChI is InChI=1S/C25H21Br2N3O5/c1-2-34-22-13-16(7-12-21(22)35-25(33)17-8-10-18(26)11-9-17)14-29-30-23(31)15-28-24(32)19-5-3-4-6-20(19)27/h3-14H,2,15H2,1H3,(H,28,32)(H,30,31)/b29-14-. The molecular formula is C25H21Br2N3O5. The molecule has 10 heteroatoms. The molecule has 35 heavy (non-hydrogen) atoms. The second-order valence-corrected chi connectivity index (χ2v) is 8.76. The largest absolute Gasteiger partial charge is 0.490 e. The van der Waals surface area contributed by atoms with Gasteiger partial charge >= 0.3 is 5.97 Å². The third-order valence-electron chi connectivity index (χ3n) is 4.48. The number of hydrogen-bond donors (Lipinski definition) is 2. The van der Waals surface area contributed by atoms with Crippen molar-refractivity contribution in [2.75, 3.05) is 13.2 Å². The molecule has 2 amide bonds. The normalized spacial score (nSPS) is 10.6. The molecule has 0 saturated carbocycles. The summed E-state index contributed by atoms with van der Waals surface area (Å²) in [6.07, 6.45) is 1.41. The maximum absolute atomic E-state index is 12.4. The predicted octanol–water partition coefficient (Wildman–Crippen LogP) is 4.71. The SMILES string of the molecule is CCOc1cc(/C=N\NC(=O)CNC(=O)c2ccccc2Br)ccc1OC(=O)c1ccc(Br)cc1.